The Balaban J connectivity index is 1.95. The third-order valence-electron chi connectivity index (χ3n) is 3.65. The number of hydrogen-bond donors (Lipinski definition) is 2. The predicted octanol–water partition coefficient (Wildman–Crippen LogP) is 2.61. The van der Waals surface area contributed by atoms with E-state index < -0.39 is 15.9 Å². The zero-order chi connectivity index (χ0) is 19.9. The van der Waals surface area contributed by atoms with Gasteiger partial charge >= 0.3 is 0 Å². The van der Waals surface area contributed by atoms with Gasteiger partial charge in [-0.2, -0.15) is 5.26 Å². The second-order valence-corrected chi connectivity index (χ2v) is 7.94. The van der Waals surface area contributed by atoms with Gasteiger partial charge in [0.05, 0.1) is 23.1 Å². The third kappa shape index (κ3) is 6.09. The molecule has 0 heterocycles. The zero-order valence-corrected chi connectivity index (χ0v) is 15.9. The average Bonchev–Trinajstić information content (AvgIpc) is 2.66. The summed E-state index contributed by atoms with van der Waals surface area (Å²) < 4.78 is 30.0. The maximum Gasteiger partial charge on any atom is 0.266 e. The van der Waals surface area contributed by atoms with Crippen LogP contribution in [0.15, 0.2) is 53.4 Å². The minimum Gasteiger partial charge on any atom is -0.494 e. The summed E-state index contributed by atoms with van der Waals surface area (Å²) in [5, 5.41) is 8.85. The normalized spacial score (nSPS) is 11.0. The number of nitrogens with zero attached hydrogens (tertiary/aromatic N) is 1. The van der Waals surface area contributed by atoms with Crippen LogP contribution in [0, 0.1) is 17.2 Å². The lowest BCUT2D eigenvalue weighted by atomic mass is 10.1. The van der Waals surface area contributed by atoms with Crippen LogP contribution in [-0.4, -0.2) is 20.9 Å². The second kappa shape index (κ2) is 9.16. The Kier molecular flexibility index (Phi) is 6.93. The lowest BCUT2D eigenvalue weighted by Gasteiger charge is -2.10. The van der Waals surface area contributed by atoms with Gasteiger partial charge in [0, 0.05) is 5.56 Å². The van der Waals surface area contributed by atoms with Gasteiger partial charge in [-0.15, -0.1) is 4.83 Å². The first-order valence-electron chi connectivity index (χ1n) is 8.37. The van der Waals surface area contributed by atoms with Crippen molar-refractivity contribution in [1.29, 1.82) is 5.26 Å². The lowest BCUT2D eigenvalue weighted by molar-refractivity contribution is 0.0945. The number of sulfonamides is 1. The first-order valence-corrected chi connectivity index (χ1v) is 9.85. The molecule has 0 saturated carbocycles. The maximum atomic E-state index is 12.2. The molecule has 0 spiro atoms. The number of nitrogens with one attached hydrogen (secondary N) is 2. The van der Waals surface area contributed by atoms with E-state index in [0.717, 1.165) is 6.42 Å². The third-order valence-corrected chi connectivity index (χ3v) is 4.90. The van der Waals surface area contributed by atoms with Crippen molar-refractivity contribution in [2.24, 2.45) is 5.92 Å². The fourth-order valence-electron chi connectivity index (χ4n) is 2.09. The first-order chi connectivity index (χ1) is 12.8. The van der Waals surface area contributed by atoms with E-state index in [1.54, 1.807) is 24.3 Å². The summed E-state index contributed by atoms with van der Waals surface area (Å²) in [6, 6.07) is 13.8. The summed E-state index contributed by atoms with van der Waals surface area (Å²) in [5.74, 6) is 0.571. The van der Waals surface area contributed by atoms with E-state index in [2.05, 4.69) is 19.3 Å². The molecule has 0 aliphatic rings. The van der Waals surface area contributed by atoms with E-state index in [4.69, 9.17) is 10.00 Å². The molecule has 0 saturated heterocycles. The van der Waals surface area contributed by atoms with Crippen LogP contribution in [0.5, 0.6) is 5.75 Å². The highest BCUT2D eigenvalue weighted by Crippen LogP contribution is 2.14. The van der Waals surface area contributed by atoms with Crippen LogP contribution in [0.3, 0.4) is 0 Å². The number of hydrazine groups is 1. The Morgan fingerprint density at radius 2 is 1.89 bits per heavy atom. The van der Waals surface area contributed by atoms with Gasteiger partial charge in [0.2, 0.25) is 0 Å². The predicted molar refractivity (Wildman–Crippen MR) is 100 cm³/mol. The van der Waals surface area contributed by atoms with E-state index in [1.165, 1.54) is 24.3 Å². The largest absolute Gasteiger partial charge is 0.494 e. The smallest absolute Gasteiger partial charge is 0.266 e. The van der Waals surface area contributed by atoms with E-state index in [-0.39, 0.29) is 16.0 Å². The SMILES string of the molecule is CC(C)CCOc1ccc(C(=O)NNS(=O)(=O)c2cccc(C#N)c2)cc1. The molecule has 0 aromatic heterocycles. The molecule has 142 valence electrons. The van der Waals surface area contributed by atoms with Gasteiger partial charge in [-0.05, 0) is 54.8 Å². The van der Waals surface area contributed by atoms with Gasteiger partial charge in [0.25, 0.3) is 15.9 Å². The molecule has 0 aliphatic carbocycles. The van der Waals surface area contributed by atoms with Crippen LogP contribution in [0.25, 0.3) is 0 Å². The van der Waals surface area contributed by atoms with Crippen LogP contribution in [-0.2, 0) is 10.0 Å². The zero-order valence-electron chi connectivity index (χ0n) is 15.1. The summed E-state index contributed by atoms with van der Waals surface area (Å²) >= 11 is 0. The molecule has 0 atom stereocenters. The number of ether oxygens (including phenoxy) is 1. The fraction of sp³-hybridized carbons (Fsp3) is 0.263. The summed E-state index contributed by atoms with van der Waals surface area (Å²) in [7, 11) is -3.98. The molecule has 2 aromatic carbocycles. The Morgan fingerprint density at radius 3 is 2.52 bits per heavy atom. The van der Waals surface area contributed by atoms with Crippen molar-refractivity contribution in [3.8, 4) is 11.8 Å². The molecule has 8 heteroatoms. The monoisotopic (exact) mass is 387 g/mol. The Morgan fingerprint density at radius 1 is 1.19 bits per heavy atom. The van der Waals surface area contributed by atoms with Crippen molar-refractivity contribution < 1.29 is 17.9 Å². The minimum atomic E-state index is -3.98. The highest BCUT2D eigenvalue weighted by molar-refractivity contribution is 7.89. The Hall–Kier alpha value is -2.89. The summed E-state index contributed by atoms with van der Waals surface area (Å²) in [6.45, 7) is 4.80. The quantitative estimate of drug-likeness (QED) is 0.677. The molecule has 0 fully saturated rings. The number of hydrogen-bond acceptors (Lipinski definition) is 5. The number of nitriles is 1. The van der Waals surface area contributed by atoms with E-state index in [1.807, 2.05) is 10.9 Å². The molecule has 0 radical (unpaired) electrons. The highest BCUT2D eigenvalue weighted by Gasteiger charge is 2.16. The summed E-state index contributed by atoms with van der Waals surface area (Å²) in [4.78, 5) is 14.0. The minimum absolute atomic E-state index is 0.115. The van der Waals surface area contributed by atoms with Crippen LogP contribution < -0.4 is 15.0 Å². The first kappa shape index (κ1) is 20.4. The van der Waals surface area contributed by atoms with Crippen LogP contribution in [0.2, 0.25) is 0 Å². The van der Waals surface area contributed by atoms with Crippen molar-refractivity contribution in [3.05, 3.63) is 59.7 Å². The Bertz CT molecular complexity index is 932. The molecule has 0 unspecified atom stereocenters. The standard InChI is InChI=1S/C19H21N3O4S/c1-14(2)10-11-26-17-8-6-16(7-9-17)19(23)21-22-27(24,25)18-5-3-4-15(12-18)13-20/h3-9,12,14,22H,10-11H2,1-2H3,(H,21,23). The molecule has 27 heavy (non-hydrogen) atoms. The lowest BCUT2D eigenvalue weighted by Crippen LogP contribution is -2.41. The van der Waals surface area contributed by atoms with E-state index >= 15 is 0 Å². The number of carbonyl (C=O) groups is 1. The molecule has 0 aliphatic heterocycles. The molecule has 2 N–H and O–H groups in total. The average molecular weight is 387 g/mol. The van der Waals surface area contributed by atoms with Crippen molar-refractivity contribution in [2.75, 3.05) is 6.61 Å². The molecule has 7 nitrogen and oxygen atoms in total. The number of rotatable bonds is 8. The molecular weight excluding hydrogens is 366 g/mol. The molecular formula is C19H21N3O4S. The number of carbonyl (C=O) groups excluding carboxylic acids is 1. The summed E-state index contributed by atoms with van der Waals surface area (Å²) in [5.41, 5.74) is 2.64. The van der Waals surface area contributed by atoms with Gasteiger partial charge in [0.1, 0.15) is 5.75 Å². The van der Waals surface area contributed by atoms with Crippen LogP contribution in [0.1, 0.15) is 36.2 Å². The second-order valence-electron chi connectivity index (χ2n) is 6.25. The van der Waals surface area contributed by atoms with Crippen molar-refractivity contribution >= 4 is 15.9 Å². The van der Waals surface area contributed by atoms with Gasteiger partial charge in [-0.1, -0.05) is 19.9 Å². The molecule has 2 rings (SSSR count). The van der Waals surface area contributed by atoms with Crippen molar-refractivity contribution in [3.63, 3.8) is 0 Å². The number of amides is 1. The fourth-order valence-corrected chi connectivity index (χ4v) is 2.98. The molecule has 0 bridgehead atoms. The van der Waals surface area contributed by atoms with E-state index in [9.17, 15) is 13.2 Å². The van der Waals surface area contributed by atoms with Crippen molar-refractivity contribution in [1.82, 2.24) is 10.3 Å². The van der Waals surface area contributed by atoms with E-state index in [0.29, 0.717) is 18.3 Å². The van der Waals surface area contributed by atoms with Crippen LogP contribution in [0.4, 0.5) is 0 Å². The van der Waals surface area contributed by atoms with Crippen LogP contribution >= 0.6 is 0 Å². The van der Waals surface area contributed by atoms with Gasteiger partial charge < -0.3 is 4.74 Å². The van der Waals surface area contributed by atoms with Gasteiger partial charge in [-0.3, -0.25) is 10.2 Å². The maximum absolute atomic E-state index is 12.2. The highest BCUT2D eigenvalue weighted by atomic mass is 32.2. The topological polar surface area (TPSA) is 108 Å². The summed E-state index contributed by atoms with van der Waals surface area (Å²) in [6.07, 6.45) is 0.928. The van der Waals surface area contributed by atoms with Gasteiger partial charge in [-0.25, -0.2) is 8.42 Å². The number of benzene rings is 2. The molecule has 2 aromatic rings. The van der Waals surface area contributed by atoms with Gasteiger partial charge in [0.15, 0.2) is 0 Å². The molecule has 1 amide bonds. The van der Waals surface area contributed by atoms with Crippen molar-refractivity contribution in [2.45, 2.75) is 25.2 Å². The Labute approximate surface area is 159 Å².